The molecular weight excluding hydrogens is 243 g/mol. The Bertz CT molecular complexity index is 353. The van der Waals surface area contributed by atoms with Crippen LogP contribution in [-0.4, -0.2) is 24.5 Å². The van der Waals surface area contributed by atoms with Crippen LogP contribution in [-0.2, 0) is 6.54 Å². The highest BCUT2D eigenvalue weighted by molar-refractivity contribution is 6.35. The van der Waals surface area contributed by atoms with E-state index in [4.69, 9.17) is 28.9 Å². The quantitative estimate of drug-likeness (QED) is 0.796. The van der Waals surface area contributed by atoms with Gasteiger partial charge in [0, 0.05) is 36.2 Å². The molecule has 0 amide bonds. The predicted octanol–water partition coefficient (Wildman–Crippen LogP) is 2.94. The van der Waals surface area contributed by atoms with Gasteiger partial charge in [-0.1, -0.05) is 35.3 Å². The van der Waals surface area contributed by atoms with Gasteiger partial charge < -0.3 is 5.73 Å². The second-order valence-corrected chi connectivity index (χ2v) is 4.39. The molecule has 1 rings (SSSR count). The van der Waals surface area contributed by atoms with Gasteiger partial charge in [-0.05, 0) is 17.7 Å². The van der Waals surface area contributed by atoms with Crippen LogP contribution in [0.5, 0.6) is 0 Å². The van der Waals surface area contributed by atoms with Crippen molar-refractivity contribution in [3.8, 4) is 0 Å². The molecule has 0 saturated carbocycles. The fraction of sp³-hybridized carbons (Fsp3) is 0.333. The molecule has 0 radical (unpaired) electrons. The zero-order chi connectivity index (χ0) is 12.0. The van der Waals surface area contributed by atoms with Gasteiger partial charge in [-0.25, -0.2) is 0 Å². The molecule has 88 valence electrons. The van der Waals surface area contributed by atoms with Crippen LogP contribution in [0.25, 0.3) is 0 Å². The number of rotatable bonds is 6. The highest BCUT2D eigenvalue weighted by atomic mass is 35.5. The molecule has 2 nitrogen and oxygen atoms in total. The maximum atomic E-state index is 6.11. The van der Waals surface area contributed by atoms with E-state index >= 15 is 0 Å². The maximum Gasteiger partial charge on any atom is 0.0465 e. The summed E-state index contributed by atoms with van der Waals surface area (Å²) in [6, 6.07) is 5.54. The molecule has 0 heterocycles. The summed E-state index contributed by atoms with van der Waals surface area (Å²) in [6.07, 6.45) is 1.86. The van der Waals surface area contributed by atoms with E-state index in [-0.39, 0.29) is 0 Å². The summed E-state index contributed by atoms with van der Waals surface area (Å²) >= 11 is 11.9. The molecule has 0 atom stereocenters. The van der Waals surface area contributed by atoms with Crippen molar-refractivity contribution < 1.29 is 0 Å². The Balaban J connectivity index is 2.72. The average molecular weight is 259 g/mol. The lowest BCUT2D eigenvalue weighted by Crippen LogP contribution is -2.29. The lowest BCUT2D eigenvalue weighted by Gasteiger charge is -2.20. The average Bonchev–Trinajstić information content (AvgIpc) is 2.23. The summed E-state index contributed by atoms with van der Waals surface area (Å²) < 4.78 is 0. The standard InChI is InChI=1S/C12H16Cl2N2/c1-2-6-16(7-5-15)9-10-3-4-11(13)8-12(10)14/h2-4,8H,1,5-7,9,15H2. The first-order valence-electron chi connectivity index (χ1n) is 5.14. The van der Waals surface area contributed by atoms with Gasteiger partial charge in [0.15, 0.2) is 0 Å². The van der Waals surface area contributed by atoms with Crippen molar-refractivity contribution in [3.63, 3.8) is 0 Å². The van der Waals surface area contributed by atoms with Crippen molar-refractivity contribution in [2.45, 2.75) is 6.54 Å². The summed E-state index contributed by atoms with van der Waals surface area (Å²) in [5.74, 6) is 0. The van der Waals surface area contributed by atoms with Crippen molar-refractivity contribution in [2.75, 3.05) is 19.6 Å². The van der Waals surface area contributed by atoms with Gasteiger partial charge in [0.2, 0.25) is 0 Å². The summed E-state index contributed by atoms with van der Waals surface area (Å²) in [6.45, 7) is 6.74. The third-order valence-electron chi connectivity index (χ3n) is 2.24. The molecule has 0 spiro atoms. The van der Waals surface area contributed by atoms with Gasteiger partial charge >= 0.3 is 0 Å². The van der Waals surface area contributed by atoms with E-state index in [2.05, 4.69) is 11.5 Å². The van der Waals surface area contributed by atoms with E-state index in [1.807, 2.05) is 18.2 Å². The normalized spacial score (nSPS) is 10.8. The second kappa shape index (κ2) is 6.92. The van der Waals surface area contributed by atoms with Crippen LogP contribution >= 0.6 is 23.2 Å². The van der Waals surface area contributed by atoms with Crippen LogP contribution in [0.4, 0.5) is 0 Å². The monoisotopic (exact) mass is 258 g/mol. The molecule has 0 aliphatic rings. The van der Waals surface area contributed by atoms with Gasteiger partial charge in [-0.3, -0.25) is 4.90 Å². The molecule has 4 heteroatoms. The number of hydrogen-bond donors (Lipinski definition) is 1. The minimum atomic E-state index is 0.624. The Kier molecular flexibility index (Phi) is 5.85. The molecule has 0 saturated heterocycles. The van der Waals surface area contributed by atoms with Crippen molar-refractivity contribution in [2.24, 2.45) is 5.73 Å². The largest absolute Gasteiger partial charge is 0.329 e. The highest BCUT2D eigenvalue weighted by Crippen LogP contribution is 2.22. The summed E-state index contributed by atoms with van der Waals surface area (Å²) in [5.41, 5.74) is 6.60. The van der Waals surface area contributed by atoms with E-state index in [0.29, 0.717) is 16.6 Å². The van der Waals surface area contributed by atoms with Crippen LogP contribution in [0.1, 0.15) is 5.56 Å². The number of benzene rings is 1. The lowest BCUT2D eigenvalue weighted by molar-refractivity contribution is 0.303. The van der Waals surface area contributed by atoms with Crippen LogP contribution in [0, 0.1) is 0 Å². The minimum absolute atomic E-state index is 0.624. The Morgan fingerprint density at radius 1 is 1.38 bits per heavy atom. The molecule has 0 bridgehead atoms. The van der Waals surface area contributed by atoms with Crippen molar-refractivity contribution in [3.05, 3.63) is 46.5 Å². The second-order valence-electron chi connectivity index (χ2n) is 3.55. The molecule has 2 N–H and O–H groups in total. The topological polar surface area (TPSA) is 29.3 Å². The Labute approximate surface area is 107 Å². The highest BCUT2D eigenvalue weighted by Gasteiger charge is 2.06. The Hall–Kier alpha value is -0.540. The SMILES string of the molecule is C=CCN(CCN)Cc1ccc(Cl)cc1Cl. The summed E-state index contributed by atoms with van der Waals surface area (Å²) in [5, 5.41) is 1.35. The first-order chi connectivity index (χ1) is 7.67. The summed E-state index contributed by atoms with van der Waals surface area (Å²) in [4.78, 5) is 2.18. The molecule has 0 fully saturated rings. The van der Waals surface area contributed by atoms with Crippen molar-refractivity contribution >= 4 is 23.2 Å². The third-order valence-corrected chi connectivity index (χ3v) is 2.83. The maximum absolute atomic E-state index is 6.11. The zero-order valence-corrected chi connectivity index (χ0v) is 10.6. The lowest BCUT2D eigenvalue weighted by atomic mass is 10.2. The summed E-state index contributed by atoms with van der Waals surface area (Å²) in [7, 11) is 0. The zero-order valence-electron chi connectivity index (χ0n) is 9.13. The Morgan fingerprint density at radius 2 is 2.12 bits per heavy atom. The molecule has 1 aromatic carbocycles. The number of halogens is 2. The van der Waals surface area contributed by atoms with E-state index in [9.17, 15) is 0 Å². The van der Waals surface area contributed by atoms with E-state index in [1.54, 1.807) is 6.07 Å². The fourth-order valence-corrected chi connectivity index (χ4v) is 1.96. The fourth-order valence-electron chi connectivity index (χ4n) is 1.49. The molecule has 1 aromatic rings. The molecule has 0 aromatic heterocycles. The molecule has 0 aliphatic heterocycles. The predicted molar refractivity (Wildman–Crippen MR) is 71.0 cm³/mol. The smallest absolute Gasteiger partial charge is 0.0465 e. The molecule has 16 heavy (non-hydrogen) atoms. The van der Waals surface area contributed by atoms with Crippen LogP contribution in [0.15, 0.2) is 30.9 Å². The van der Waals surface area contributed by atoms with Crippen LogP contribution in [0.2, 0.25) is 10.0 Å². The molecule has 0 aliphatic carbocycles. The van der Waals surface area contributed by atoms with E-state index in [1.165, 1.54) is 0 Å². The van der Waals surface area contributed by atoms with Crippen molar-refractivity contribution in [1.82, 2.24) is 4.90 Å². The molecular formula is C12H16Cl2N2. The van der Waals surface area contributed by atoms with Crippen LogP contribution in [0.3, 0.4) is 0 Å². The third kappa shape index (κ3) is 4.14. The number of nitrogens with two attached hydrogens (primary N) is 1. The Morgan fingerprint density at radius 3 is 2.69 bits per heavy atom. The van der Waals surface area contributed by atoms with Gasteiger partial charge in [-0.2, -0.15) is 0 Å². The van der Waals surface area contributed by atoms with Gasteiger partial charge in [0.25, 0.3) is 0 Å². The van der Waals surface area contributed by atoms with Crippen molar-refractivity contribution in [1.29, 1.82) is 0 Å². The number of hydrogen-bond acceptors (Lipinski definition) is 2. The first-order valence-corrected chi connectivity index (χ1v) is 5.90. The minimum Gasteiger partial charge on any atom is -0.329 e. The van der Waals surface area contributed by atoms with Gasteiger partial charge in [-0.15, -0.1) is 6.58 Å². The van der Waals surface area contributed by atoms with Crippen LogP contribution < -0.4 is 5.73 Å². The van der Waals surface area contributed by atoms with Gasteiger partial charge in [0.1, 0.15) is 0 Å². The molecule has 0 unspecified atom stereocenters. The van der Waals surface area contributed by atoms with E-state index in [0.717, 1.165) is 25.2 Å². The van der Waals surface area contributed by atoms with E-state index < -0.39 is 0 Å². The first kappa shape index (κ1) is 13.5. The number of nitrogens with zero attached hydrogens (tertiary/aromatic N) is 1. The van der Waals surface area contributed by atoms with Gasteiger partial charge in [0.05, 0.1) is 0 Å².